The van der Waals surface area contributed by atoms with Gasteiger partial charge < -0.3 is 5.11 Å². The molecule has 1 aromatic rings. The van der Waals surface area contributed by atoms with E-state index in [9.17, 15) is 21.6 Å². The van der Waals surface area contributed by atoms with E-state index in [0.717, 1.165) is 5.56 Å². The first-order valence-electron chi connectivity index (χ1n) is 5.83. The first-order valence-corrected chi connectivity index (χ1v) is 7.27. The van der Waals surface area contributed by atoms with Crippen LogP contribution in [0.4, 0.5) is 13.2 Å². The maximum Gasteiger partial charge on any atom is 0.402 e. The highest BCUT2D eigenvalue weighted by Gasteiger charge is 2.37. The van der Waals surface area contributed by atoms with Gasteiger partial charge in [0.05, 0.1) is 11.5 Å². The summed E-state index contributed by atoms with van der Waals surface area (Å²) in [4.78, 5) is -0.180. The zero-order chi connectivity index (χ0) is 15.6. The number of aliphatic hydroxyl groups is 1. The molecule has 20 heavy (non-hydrogen) atoms. The van der Waals surface area contributed by atoms with Crippen molar-refractivity contribution in [3.05, 3.63) is 29.3 Å². The minimum absolute atomic E-state index is 0.180. The van der Waals surface area contributed by atoms with Crippen molar-refractivity contribution in [3.8, 4) is 0 Å². The third-order valence-corrected chi connectivity index (χ3v) is 4.66. The van der Waals surface area contributed by atoms with Crippen molar-refractivity contribution in [2.75, 3.05) is 19.7 Å². The van der Waals surface area contributed by atoms with E-state index in [1.807, 2.05) is 0 Å². The number of hydrogen-bond acceptors (Lipinski definition) is 3. The van der Waals surface area contributed by atoms with E-state index >= 15 is 0 Å². The summed E-state index contributed by atoms with van der Waals surface area (Å²) in [6.07, 6.45) is -4.67. The summed E-state index contributed by atoms with van der Waals surface area (Å²) in [6.45, 7) is 0.369. The van der Waals surface area contributed by atoms with E-state index in [4.69, 9.17) is 5.11 Å². The molecule has 0 atom stereocenters. The average Bonchev–Trinajstić information content (AvgIpc) is 2.26. The van der Waals surface area contributed by atoms with E-state index in [1.165, 1.54) is 19.1 Å². The minimum Gasteiger partial charge on any atom is -0.395 e. The van der Waals surface area contributed by atoms with Crippen molar-refractivity contribution in [1.29, 1.82) is 0 Å². The van der Waals surface area contributed by atoms with Crippen molar-refractivity contribution in [3.63, 3.8) is 0 Å². The molecule has 0 heterocycles. The lowest BCUT2D eigenvalue weighted by Gasteiger charge is -2.23. The Labute approximate surface area is 115 Å². The molecular formula is C12H16F3NO3S. The van der Waals surface area contributed by atoms with E-state index in [1.54, 1.807) is 13.0 Å². The van der Waals surface area contributed by atoms with Crippen LogP contribution in [0.15, 0.2) is 23.1 Å². The van der Waals surface area contributed by atoms with Crippen LogP contribution in [0.25, 0.3) is 0 Å². The topological polar surface area (TPSA) is 57.6 Å². The Morgan fingerprint density at radius 3 is 2.30 bits per heavy atom. The number of nitrogens with zero attached hydrogens (tertiary/aromatic N) is 1. The minimum atomic E-state index is -4.67. The van der Waals surface area contributed by atoms with Crippen molar-refractivity contribution >= 4 is 10.0 Å². The normalized spacial score (nSPS) is 12.9. The Hall–Kier alpha value is -1.12. The second-order valence-corrected chi connectivity index (χ2v) is 6.35. The summed E-state index contributed by atoms with van der Waals surface area (Å²) < 4.78 is 62.1. The molecule has 0 aliphatic carbocycles. The standard InChI is InChI=1S/C12H16F3NO3S/c1-9-3-4-11(10(2)7-9)20(18,19)16(5-6-17)8-12(13,14)15/h3-4,7,17H,5-6,8H2,1-2H3. The number of aliphatic hydroxyl groups excluding tert-OH is 1. The second kappa shape index (κ2) is 6.11. The average molecular weight is 311 g/mol. The smallest absolute Gasteiger partial charge is 0.395 e. The first-order chi connectivity index (χ1) is 9.08. The van der Waals surface area contributed by atoms with Crippen LogP contribution >= 0.6 is 0 Å². The highest BCUT2D eigenvalue weighted by atomic mass is 32.2. The molecule has 0 bridgehead atoms. The summed E-state index contributed by atoms with van der Waals surface area (Å²) in [7, 11) is -4.29. The predicted molar refractivity (Wildman–Crippen MR) is 67.8 cm³/mol. The lowest BCUT2D eigenvalue weighted by molar-refractivity contribution is -0.136. The van der Waals surface area contributed by atoms with Crippen LogP contribution in [-0.4, -0.2) is 43.7 Å². The molecule has 0 amide bonds. The third-order valence-electron chi connectivity index (χ3n) is 2.65. The number of rotatable bonds is 5. The number of hydrogen-bond donors (Lipinski definition) is 1. The molecule has 1 rings (SSSR count). The van der Waals surface area contributed by atoms with Gasteiger partial charge in [-0.15, -0.1) is 0 Å². The maximum absolute atomic E-state index is 12.5. The molecule has 0 fully saturated rings. The summed E-state index contributed by atoms with van der Waals surface area (Å²) >= 11 is 0. The second-order valence-electron chi connectivity index (χ2n) is 4.45. The Bertz CT molecular complexity index is 570. The molecule has 1 aromatic carbocycles. The Balaban J connectivity index is 3.22. The molecule has 114 valence electrons. The molecule has 4 nitrogen and oxygen atoms in total. The third kappa shape index (κ3) is 4.19. The molecule has 0 radical (unpaired) electrons. The van der Waals surface area contributed by atoms with Crippen molar-refractivity contribution in [1.82, 2.24) is 4.31 Å². The summed E-state index contributed by atoms with van der Waals surface area (Å²) in [5.41, 5.74) is 1.18. The molecule has 8 heteroatoms. The fourth-order valence-electron chi connectivity index (χ4n) is 1.82. The van der Waals surface area contributed by atoms with Gasteiger partial charge in [0.2, 0.25) is 10.0 Å². The molecule has 0 unspecified atom stereocenters. The van der Waals surface area contributed by atoms with Crippen LogP contribution in [0.5, 0.6) is 0 Å². The maximum atomic E-state index is 12.5. The van der Waals surface area contributed by atoms with Crippen molar-refractivity contribution < 1.29 is 26.7 Å². The molecular weight excluding hydrogens is 295 g/mol. The van der Waals surface area contributed by atoms with Crippen molar-refractivity contribution in [2.24, 2.45) is 0 Å². The van der Waals surface area contributed by atoms with Gasteiger partial charge in [-0.2, -0.15) is 17.5 Å². The van der Waals surface area contributed by atoms with E-state index in [2.05, 4.69) is 0 Å². The lowest BCUT2D eigenvalue weighted by atomic mass is 10.2. The van der Waals surface area contributed by atoms with Gasteiger partial charge in [0, 0.05) is 6.54 Å². The molecule has 0 saturated carbocycles. The van der Waals surface area contributed by atoms with Crippen molar-refractivity contribution in [2.45, 2.75) is 24.9 Å². The monoisotopic (exact) mass is 311 g/mol. The predicted octanol–water partition coefficient (Wildman–Crippen LogP) is 1.85. The molecule has 0 aliphatic rings. The number of halogens is 3. The molecule has 1 N–H and O–H groups in total. The van der Waals surface area contributed by atoms with Gasteiger partial charge in [-0.25, -0.2) is 8.42 Å². The van der Waals surface area contributed by atoms with Gasteiger partial charge in [-0.1, -0.05) is 17.7 Å². The number of alkyl halides is 3. The molecule has 0 spiro atoms. The van der Waals surface area contributed by atoms with E-state index in [-0.39, 0.29) is 9.20 Å². The lowest BCUT2D eigenvalue weighted by Crippen LogP contribution is -2.40. The Kier molecular flexibility index (Phi) is 5.17. The Morgan fingerprint density at radius 1 is 1.25 bits per heavy atom. The van der Waals surface area contributed by atoms with Gasteiger partial charge >= 0.3 is 6.18 Å². The number of sulfonamides is 1. The SMILES string of the molecule is Cc1ccc(S(=O)(=O)N(CCO)CC(F)(F)F)c(C)c1. The fourth-order valence-corrected chi connectivity index (χ4v) is 3.45. The van der Waals surface area contributed by atoms with Gasteiger partial charge in [0.15, 0.2) is 0 Å². The van der Waals surface area contributed by atoms with Gasteiger partial charge in [0.25, 0.3) is 0 Å². The highest BCUT2D eigenvalue weighted by Crippen LogP contribution is 2.24. The van der Waals surface area contributed by atoms with E-state index < -0.39 is 35.9 Å². The first kappa shape index (κ1) is 16.9. The van der Waals surface area contributed by atoms with Gasteiger partial charge in [-0.3, -0.25) is 0 Å². The van der Waals surface area contributed by atoms with Crippen LogP contribution in [0.2, 0.25) is 0 Å². The zero-order valence-electron chi connectivity index (χ0n) is 11.1. The molecule has 0 aliphatic heterocycles. The highest BCUT2D eigenvalue weighted by molar-refractivity contribution is 7.89. The fraction of sp³-hybridized carbons (Fsp3) is 0.500. The van der Waals surface area contributed by atoms with Crippen LogP contribution in [0, 0.1) is 13.8 Å². The van der Waals surface area contributed by atoms with E-state index in [0.29, 0.717) is 5.56 Å². The summed E-state index contributed by atoms with van der Waals surface area (Å²) in [6, 6.07) is 4.38. The van der Waals surface area contributed by atoms with Crippen LogP contribution in [0.3, 0.4) is 0 Å². The van der Waals surface area contributed by atoms with Crippen LogP contribution in [-0.2, 0) is 10.0 Å². The molecule has 0 saturated heterocycles. The quantitative estimate of drug-likeness (QED) is 0.903. The molecule has 0 aromatic heterocycles. The van der Waals surface area contributed by atoms with Gasteiger partial charge in [0.1, 0.15) is 6.54 Å². The zero-order valence-corrected chi connectivity index (χ0v) is 11.9. The van der Waals surface area contributed by atoms with Crippen LogP contribution in [0.1, 0.15) is 11.1 Å². The summed E-state index contributed by atoms with van der Waals surface area (Å²) in [5, 5.41) is 8.78. The van der Waals surface area contributed by atoms with Crippen LogP contribution < -0.4 is 0 Å². The van der Waals surface area contributed by atoms with Gasteiger partial charge in [-0.05, 0) is 25.5 Å². The number of benzene rings is 1. The Morgan fingerprint density at radius 2 is 1.85 bits per heavy atom. The summed E-state index contributed by atoms with van der Waals surface area (Å²) in [5.74, 6) is 0. The largest absolute Gasteiger partial charge is 0.402 e. The number of aryl methyl sites for hydroxylation is 2.